The first-order chi connectivity index (χ1) is 59.5. The van der Waals surface area contributed by atoms with Crippen molar-refractivity contribution >= 4 is 46.0 Å². The molecule has 0 spiro atoms. The molecular formula is C108H67Ir2N12-9. The topological polar surface area (TPSA) is 116 Å². The maximum atomic E-state index is 4.69. The zero-order valence-electron chi connectivity index (χ0n) is 65.2. The first kappa shape index (κ1) is 78.3. The van der Waals surface area contributed by atoms with Crippen molar-refractivity contribution < 1.29 is 40.2 Å². The van der Waals surface area contributed by atoms with Gasteiger partial charge in [-0.1, -0.05) is 234 Å². The first-order valence-electron chi connectivity index (χ1n) is 39.4. The molecule has 0 N–H and O–H groups in total. The zero-order chi connectivity index (χ0) is 79.9. The van der Waals surface area contributed by atoms with E-state index in [1.165, 1.54) is 0 Å². The van der Waals surface area contributed by atoms with Gasteiger partial charge in [-0.05, 0) is 128 Å². The summed E-state index contributed by atoms with van der Waals surface area (Å²) in [6.45, 7) is 4.05. The molecule has 586 valence electrons. The number of anilines is 8. The zero-order valence-corrected chi connectivity index (χ0v) is 70.0. The summed E-state index contributed by atoms with van der Waals surface area (Å²) < 4.78 is 0. The van der Waals surface area contributed by atoms with Gasteiger partial charge in [0.15, 0.2) is 0 Å². The summed E-state index contributed by atoms with van der Waals surface area (Å²) in [5, 5.41) is 0. The van der Waals surface area contributed by atoms with Crippen molar-refractivity contribution in [2.45, 2.75) is 0 Å². The van der Waals surface area contributed by atoms with E-state index in [9.17, 15) is 0 Å². The third-order valence-electron chi connectivity index (χ3n) is 21.4. The van der Waals surface area contributed by atoms with Crippen LogP contribution >= 0.6 is 0 Å². The molecule has 14 aromatic carbocycles. The number of para-hydroxylation sites is 2. The summed E-state index contributed by atoms with van der Waals surface area (Å²) in [4.78, 5) is 44.4. The second kappa shape index (κ2) is 35.7. The van der Waals surface area contributed by atoms with Gasteiger partial charge in [-0.2, -0.15) is 60.2 Å². The minimum atomic E-state index is 0. The summed E-state index contributed by atoms with van der Waals surface area (Å²) in [7, 11) is 0. The van der Waals surface area contributed by atoms with E-state index in [0.29, 0.717) is 5.82 Å². The van der Waals surface area contributed by atoms with Crippen LogP contribution in [-0.2, 0) is 40.2 Å². The van der Waals surface area contributed by atoms with Crippen molar-refractivity contribution in [3.63, 3.8) is 0 Å². The van der Waals surface area contributed by atoms with Crippen molar-refractivity contribution in [2.75, 3.05) is 19.6 Å². The molecular weight excluding hydrogens is 1850 g/mol. The summed E-state index contributed by atoms with van der Waals surface area (Å²) >= 11 is 0. The molecule has 2 aliphatic heterocycles. The van der Waals surface area contributed by atoms with Crippen molar-refractivity contribution in [1.29, 1.82) is 0 Å². The minimum Gasteiger partial charge on any atom is -0.477 e. The van der Waals surface area contributed by atoms with E-state index in [-0.39, 0.29) is 40.2 Å². The Kier molecular flexibility index (Phi) is 22.9. The fourth-order valence-electron chi connectivity index (χ4n) is 15.6. The Balaban J connectivity index is 0.000000164. The number of fused-ring (bicyclic) bond motifs is 2. The molecule has 0 atom stereocenters. The van der Waals surface area contributed by atoms with Crippen molar-refractivity contribution in [2.24, 2.45) is 0 Å². The number of pyridine rings is 2. The van der Waals surface area contributed by atoms with E-state index in [1.807, 2.05) is 114 Å². The molecule has 0 fully saturated rings. The van der Waals surface area contributed by atoms with Crippen molar-refractivity contribution in [3.8, 4) is 145 Å². The molecule has 7 heterocycles. The third-order valence-corrected chi connectivity index (χ3v) is 21.4. The summed E-state index contributed by atoms with van der Waals surface area (Å²) in [5.74, 6) is 3.68. The first-order valence-corrected chi connectivity index (χ1v) is 39.4. The van der Waals surface area contributed by atoms with Gasteiger partial charge in [0, 0.05) is 95.0 Å². The van der Waals surface area contributed by atoms with E-state index < -0.39 is 0 Å². The molecule has 0 saturated heterocycles. The van der Waals surface area contributed by atoms with Crippen LogP contribution in [0, 0.1) is 55.9 Å². The number of hydrogen-bond donors (Lipinski definition) is 0. The summed E-state index contributed by atoms with van der Waals surface area (Å²) in [6, 6.07) is 141. The largest absolute Gasteiger partial charge is 0.477 e. The number of nitrogens with zero attached hydrogens (tertiary/aromatic N) is 12. The number of aromatic nitrogens is 8. The third kappa shape index (κ3) is 16.1. The summed E-state index contributed by atoms with van der Waals surface area (Å²) in [5.41, 5.74) is 30.3. The predicted molar refractivity (Wildman–Crippen MR) is 481 cm³/mol. The second-order valence-electron chi connectivity index (χ2n) is 28.7. The molecule has 5 aromatic heterocycles. The molecule has 21 rings (SSSR count). The Hall–Kier alpha value is -14.9. The molecule has 2 radical (unpaired) electrons. The van der Waals surface area contributed by atoms with Crippen LogP contribution in [0.15, 0.2) is 395 Å². The molecule has 14 heteroatoms. The van der Waals surface area contributed by atoms with E-state index in [0.717, 1.165) is 185 Å². The van der Waals surface area contributed by atoms with Crippen LogP contribution in [0.5, 0.6) is 0 Å². The van der Waals surface area contributed by atoms with Crippen LogP contribution in [-0.4, -0.2) is 39.9 Å². The molecule has 0 aliphatic carbocycles. The molecule has 19 aromatic rings. The van der Waals surface area contributed by atoms with Crippen LogP contribution in [0.4, 0.5) is 46.0 Å². The van der Waals surface area contributed by atoms with Crippen LogP contribution < -0.4 is 19.6 Å². The number of rotatable bonds is 17. The van der Waals surface area contributed by atoms with Crippen LogP contribution in [0.25, 0.3) is 145 Å². The average Bonchev–Trinajstić information content (AvgIpc) is 1.74. The van der Waals surface area contributed by atoms with Gasteiger partial charge in [-0.3, -0.25) is 12.1 Å². The smallest absolute Gasteiger partial charge is 0.145 e. The maximum Gasteiger partial charge on any atom is 0.145 e. The number of benzene rings is 14. The van der Waals surface area contributed by atoms with E-state index in [1.54, 1.807) is 43.4 Å². The van der Waals surface area contributed by atoms with Gasteiger partial charge < -0.3 is 39.5 Å². The molecule has 2 aliphatic rings. The van der Waals surface area contributed by atoms with Crippen molar-refractivity contribution in [1.82, 2.24) is 39.9 Å². The molecule has 122 heavy (non-hydrogen) atoms. The van der Waals surface area contributed by atoms with Gasteiger partial charge in [0.25, 0.3) is 0 Å². The van der Waals surface area contributed by atoms with E-state index >= 15 is 0 Å². The maximum absolute atomic E-state index is 4.69. The Morgan fingerprint density at radius 3 is 0.975 bits per heavy atom. The van der Waals surface area contributed by atoms with Gasteiger partial charge in [0.2, 0.25) is 0 Å². The Morgan fingerprint density at radius 1 is 0.221 bits per heavy atom. The molecule has 12 nitrogen and oxygen atoms in total. The van der Waals surface area contributed by atoms with Gasteiger partial charge >= 0.3 is 0 Å². The second-order valence-corrected chi connectivity index (χ2v) is 28.7. The fraction of sp³-hybridized carbons (Fsp3) is 0. The Bertz CT molecular complexity index is 6290. The SMILES string of the molecule is [Ir].[Ir].[c-]1cc(-c2ccccc2-c2cc(-c3ccccc3-c3c[c-]c(-c4[c-]nccc4)cc3)cc(-c3ccccc3-c3c[c-]c(-c4ccccn4)cc3)c2)c[c-]c1-c1ncccn1.[c-]1cc(-c2ccccc2-c2cccc(-c3ccccc3-c3c[c-]c(N4[CH-]N(c5ccccc5)c5nccnc54)cc3)c2)ccc1N1[CH-]N(c2ccccc2)c2nccnc21. The molecule has 0 amide bonds. The normalized spacial score (nSPS) is 11.8. The fourth-order valence-corrected chi connectivity index (χ4v) is 15.6. The van der Waals surface area contributed by atoms with Gasteiger partial charge in [-0.15, -0.1) is 102 Å². The van der Waals surface area contributed by atoms with Crippen LogP contribution in [0.2, 0.25) is 0 Å². The Labute approximate surface area is 736 Å². The van der Waals surface area contributed by atoms with Crippen molar-refractivity contribution in [3.05, 3.63) is 451 Å². The van der Waals surface area contributed by atoms with Crippen LogP contribution in [0.3, 0.4) is 0 Å². The van der Waals surface area contributed by atoms with Crippen LogP contribution in [0.1, 0.15) is 0 Å². The average molecular weight is 1920 g/mol. The predicted octanol–water partition coefficient (Wildman–Crippen LogP) is 25.6. The van der Waals surface area contributed by atoms with Gasteiger partial charge in [0.1, 0.15) is 23.3 Å². The molecule has 0 saturated carbocycles. The quantitative estimate of drug-likeness (QED) is 0.0808. The standard InChI is InChI=1S/C56H33N4.C52H34N8.2Ir/c1-4-15-52(49(12-1)40-21-19-39(20-22-40)45-11-9-31-57-38-45)46-35-47(53-16-5-2-13-50(53)41-23-27-43(28-24-41)55-18-7-8-32-58-55)37-48(36-46)54-17-6-3-14-51(54)42-25-29-44(30-26-42)56-59-33-10-34-60-56;1-3-14-41(15-4-1)57-35-59(51-49(57)53-30-32-55-51)43-26-22-37(23-27-43)45-18-7-9-20-47(45)39-12-11-13-40(34-39)48-21-10-8-19-46(48)38-24-28-44(29-25-38)60-36-58(42-16-5-2-6-17-42)50-52(60)56-33-31-54-50;;/h1-19,21-27,31-37H;1-26,28,30-36H;;/q-5;-4;;. The number of hydrogen-bond acceptors (Lipinski definition) is 12. The Morgan fingerprint density at radius 2 is 0.582 bits per heavy atom. The minimum absolute atomic E-state index is 0. The van der Waals surface area contributed by atoms with E-state index in [4.69, 9.17) is 0 Å². The molecule has 0 unspecified atom stereocenters. The monoisotopic (exact) mass is 1920 g/mol. The van der Waals surface area contributed by atoms with Gasteiger partial charge in [0.05, 0.1) is 0 Å². The van der Waals surface area contributed by atoms with E-state index in [2.05, 4.69) is 353 Å². The van der Waals surface area contributed by atoms with Gasteiger partial charge in [-0.25, -0.2) is 48.8 Å². The summed E-state index contributed by atoms with van der Waals surface area (Å²) in [6.07, 6.45) is 17.0. The molecule has 0 bridgehead atoms.